The van der Waals surface area contributed by atoms with E-state index >= 15 is 0 Å². The predicted octanol–water partition coefficient (Wildman–Crippen LogP) is 2.41. The Hall–Kier alpha value is -2.08. The lowest BCUT2D eigenvalue weighted by molar-refractivity contribution is 0.262. The van der Waals surface area contributed by atoms with Gasteiger partial charge in [0.25, 0.3) is 0 Å². The standard InChI is InChI=1S/C10H10ClN5O/c1-6-12-9(16-15-6)14-10(17)13-8-4-2-3-7(11)5-8/h2-5H,1H3,(H3,12,13,14,15,16,17). The number of nitrogens with zero attached hydrogens (tertiary/aromatic N) is 2. The first-order chi connectivity index (χ1) is 8.13. The van der Waals surface area contributed by atoms with Crippen LogP contribution in [-0.2, 0) is 0 Å². The molecule has 6 nitrogen and oxygen atoms in total. The molecule has 7 heteroatoms. The molecule has 0 aliphatic carbocycles. The molecule has 1 aromatic heterocycles. The molecule has 2 amide bonds. The monoisotopic (exact) mass is 251 g/mol. The molecule has 1 heterocycles. The quantitative estimate of drug-likeness (QED) is 0.766. The molecule has 0 saturated carbocycles. The van der Waals surface area contributed by atoms with E-state index in [-0.39, 0.29) is 5.95 Å². The van der Waals surface area contributed by atoms with Gasteiger partial charge in [-0.2, -0.15) is 4.98 Å². The van der Waals surface area contributed by atoms with E-state index in [1.807, 2.05) is 0 Å². The Morgan fingerprint density at radius 1 is 1.41 bits per heavy atom. The number of benzene rings is 1. The van der Waals surface area contributed by atoms with E-state index < -0.39 is 6.03 Å². The molecule has 2 rings (SSSR count). The lowest BCUT2D eigenvalue weighted by atomic mass is 10.3. The van der Waals surface area contributed by atoms with Crippen LogP contribution >= 0.6 is 11.6 Å². The van der Waals surface area contributed by atoms with Gasteiger partial charge in [0, 0.05) is 10.7 Å². The Morgan fingerprint density at radius 3 is 2.88 bits per heavy atom. The van der Waals surface area contributed by atoms with Crippen LogP contribution in [0.1, 0.15) is 5.82 Å². The van der Waals surface area contributed by atoms with Crippen LogP contribution in [0.2, 0.25) is 5.02 Å². The van der Waals surface area contributed by atoms with Gasteiger partial charge in [0.2, 0.25) is 5.95 Å². The number of halogens is 1. The Morgan fingerprint density at radius 2 is 2.24 bits per heavy atom. The van der Waals surface area contributed by atoms with Crippen molar-refractivity contribution >= 4 is 29.3 Å². The fourth-order valence-corrected chi connectivity index (χ4v) is 1.42. The van der Waals surface area contributed by atoms with Crippen LogP contribution in [0.3, 0.4) is 0 Å². The molecule has 17 heavy (non-hydrogen) atoms. The number of urea groups is 1. The second-order valence-corrected chi connectivity index (χ2v) is 3.77. The molecule has 0 saturated heterocycles. The first-order valence-electron chi connectivity index (χ1n) is 4.86. The zero-order chi connectivity index (χ0) is 12.3. The van der Waals surface area contributed by atoms with Crippen molar-refractivity contribution < 1.29 is 4.79 Å². The van der Waals surface area contributed by atoms with Crippen LogP contribution in [0, 0.1) is 6.92 Å². The van der Waals surface area contributed by atoms with Crippen molar-refractivity contribution in [3.63, 3.8) is 0 Å². The molecule has 3 N–H and O–H groups in total. The number of H-pyrrole nitrogens is 1. The van der Waals surface area contributed by atoms with Gasteiger partial charge in [-0.3, -0.25) is 10.4 Å². The summed E-state index contributed by atoms with van der Waals surface area (Å²) >= 11 is 5.79. The van der Waals surface area contributed by atoms with E-state index in [0.717, 1.165) is 0 Å². The second kappa shape index (κ2) is 4.84. The number of carbonyl (C=O) groups excluding carboxylic acids is 1. The average Bonchev–Trinajstić information content (AvgIpc) is 2.63. The predicted molar refractivity (Wildman–Crippen MR) is 65.2 cm³/mol. The molecule has 1 aromatic carbocycles. The zero-order valence-corrected chi connectivity index (χ0v) is 9.75. The van der Waals surface area contributed by atoms with Gasteiger partial charge in [-0.1, -0.05) is 17.7 Å². The Labute approximate surface area is 102 Å². The van der Waals surface area contributed by atoms with Crippen molar-refractivity contribution in [2.75, 3.05) is 10.6 Å². The molecular formula is C10H10ClN5O. The molecule has 0 spiro atoms. The van der Waals surface area contributed by atoms with E-state index in [4.69, 9.17) is 11.6 Å². The van der Waals surface area contributed by atoms with Gasteiger partial charge >= 0.3 is 6.03 Å². The summed E-state index contributed by atoms with van der Waals surface area (Å²) in [6, 6.07) is 6.42. The van der Waals surface area contributed by atoms with Crippen molar-refractivity contribution in [3.05, 3.63) is 35.1 Å². The van der Waals surface area contributed by atoms with E-state index in [1.54, 1.807) is 31.2 Å². The van der Waals surface area contributed by atoms with Gasteiger partial charge in [-0.25, -0.2) is 4.79 Å². The highest BCUT2D eigenvalue weighted by atomic mass is 35.5. The third-order valence-electron chi connectivity index (χ3n) is 1.91. The van der Waals surface area contributed by atoms with Crippen molar-refractivity contribution in [2.45, 2.75) is 6.92 Å². The minimum absolute atomic E-state index is 0.224. The number of carbonyl (C=O) groups is 1. The molecule has 0 bridgehead atoms. The van der Waals surface area contributed by atoms with E-state index in [9.17, 15) is 4.79 Å². The van der Waals surface area contributed by atoms with E-state index in [0.29, 0.717) is 16.5 Å². The molecule has 0 aliphatic heterocycles. The highest BCUT2D eigenvalue weighted by Crippen LogP contribution is 2.14. The molecule has 0 atom stereocenters. The number of hydrogen-bond acceptors (Lipinski definition) is 3. The number of aryl methyl sites for hydroxylation is 1. The normalized spacial score (nSPS) is 10.0. The summed E-state index contributed by atoms with van der Waals surface area (Å²) in [6.07, 6.45) is 0. The van der Waals surface area contributed by atoms with Gasteiger partial charge < -0.3 is 5.32 Å². The molecule has 0 radical (unpaired) electrons. The first kappa shape index (κ1) is 11.4. The summed E-state index contributed by atoms with van der Waals surface area (Å²) in [4.78, 5) is 15.5. The number of amides is 2. The van der Waals surface area contributed by atoms with Crippen molar-refractivity contribution in [1.82, 2.24) is 15.2 Å². The smallest absolute Gasteiger partial charge is 0.308 e. The number of hydrogen-bond donors (Lipinski definition) is 3. The lowest BCUT2D eigenvalue weighted by Crippen LogP contribution is -2.20. The third-order valence-corrected chi connectivity index (χ3v) is 2.14. The minimum Gasteiger partial charge on any atom is -0.308 e. The number of nitrogens with one attached hydrogen (secondary N) is 3. The topological polar surface area (TPSA) is 82.7 Å². The van der Waals surface area contributed by atoms with Gasteiger partial charge in [0.1, 0.15) is 5.82 Å². The zero-order valence-electron chi connectivity index (χ0n) is 8.99. The van der Waals surface area contributed by atoms with Crippen LogP contribution in [0.4, 0.5) is 16.4 Å². The molecule has 0 fully saturated rings. The van der Waals surface area contributed by atoms with Gasteiger partial charge in [0.05, 0.1) is 0 Å². The average molecular weight is 252 g/mol. The summed E-state index contributed by atoms with van der Waals surface area (Å²) < 4.78 is 0. The Kier molecular flexibility index (Phi) is 3.24. The number of rotatable bonds is 2. The molecule has 88 valence electrons. The fraction of sp³-hybridized carbons (Fsp3) is 0.100. The number of anilines is 2. The van der Waals surface area contributed by atoms with Gasteiger partial charge in [0.15, 0.2) is 0 Å². The van der Waals surface area contributed by atoms with E-state index in [2.05, 4.69) is 25.8 Å². The van der Waals surface area contributed by atoms with Gasteiger partial charge in [-0.15, -0.1) is 5.10 Å². The van der Waals surface area contributed by atoms with Crippen molar-refractivity contribution in [2.24, 2.45) is 0 Å². The molecule has 2 aromatic rings. The maximum absolute atomic E-state index is 11.5. The Balaban J connectivity index is 1.98. The highest BCUT2D eigenvalue weighted by molar-refractivity contribution is 6.30. The summed E-state index contributed by atoms with van der Waals surface area (Å²) in [5.41, 5.74) is 0.599. The van der Waals surface area contributed by atoms with Crippen LogP contribution < -0.4 is 10.6 Å². The van der Waals surface area contributed by atoms with E-state index in [1.165, 1.54) is 0 Å². The fourth-order valence-electron chi connectivity index (χ4n) is 1.23. The number of aromatic nitrogens is 3. The van der Waals surface area contributed by atoms with Crippen LogP contribution in [0.15, 0.2) is 24.3 Å². The summed E-state index contributed by atoms with van der Waals surface area (Å²) in [5.74, 6) is 0.852. The molecule has 0 unspecified atom stereocenters. The molecule has 0 aliphatic rings. The van der Waals surface area contributed by atoms with Crippen molar-refractivity contribution in [1.29, 1.82) is 0 Å². The SMILES string of the molecule is Cc1nc(NC(=O)Nc2cccc(Cl)c2)n[nH]1. The summed E-state index contributed by atoms with van der Waals surface area (Å²) in [6.45, 7) is 1.74. The van der Waals surface area contributed by atoms with Crippen LogP contribution in [0.25, 0.3) is 0 Å². The summed E-state index contributed by atoms with van der Waals surface area (Å²) in [7, 11) is 0. The largest absolute Gasteiger partial charge is 0.326 e. The van der Waals surface area contributed by atoms with Crippen LogP contribution in [0.5, 0.6) is 0 Å². The molecular weight excluding hydrogens is 242 g/mol. The second-order valence-electron chi connectivity index (χ2n) is 3.33. The Bertz CT molecular complexity index is 539. The lowest BCUT2D eigenvalue weighted by Gasteiger charge is -2.04. The third kappa shape index (κ3) is 3.18. The minimum atomic E-state index is -0.425. The van der Waals surface area contributed by atoms with Crippen LogP contribution in [-0.4, -0.2) is 21.2 Å². The summed E-state index contributed by atoms with van der Waals surface area (Å²) in [5, 5.41) is 12.1. The van der Waals surface area contributed by atoms with Gasteiger partial charge in [-0.05, 0) is 25.1 Å². The first-order valence-corrected chi connectivity index (χ1v) is 5.24. The maximum Gasteiger partial charge on any atom is 0.326 e. The highest BCUT2D eigenvalue weighted by Gasteiger charge is 2.05. The van der Waals surface area contributed by atoms with Crippen molar-refractivity contribution in [3.8, 4) is 0 Å². The number of aromatic amines is 1. The maximum atomic E-state index is 11.5.